The lowest BCUT2D eigenvalue weighted by molar-refractivity contribution is 0.631. The lowest BCUT2D eigenvalue weighted by Crippen LogP contribution is -2.43. The van der Waals surface area contributed by atoms with Crippen LogP contribution in [0.2, 0.25) is 0 Å². The average molecular weight is 235 g/mol. The molecule has 90 valence electrons. The zero-order valence-electron chi connectivity index (χ0n) is 9.43. The Balaban J connectivity index is 2.33. The minimum atomic E-state index is -0.357. The van der Waals surface area contributed by atoms with Crippen molar-refractivity contribution in [2.45, 2.75) is 32.4 Å². The third-order valence-electron chi connectivity index (χ3n) is 2.92. The number of aromatic nitrogens is 4. The Morgan fingerprint density at radius 1 is 1.53 bits per heavy atom. The van der Waals surface area contributed by atoms with E-state index in [1.807, 2.05) is 0 Å². The number of nitrogens with one attached hydrogen (secondary N) is 2. The van der Waals surface area contributed by atoms with Crippen molar-refractivity contribution >= 4 is 11.2 Å². The molecule has 0 atom stereocenters. The molecule has 1 fully saturated rings. The maximum atomic E-state index is 12.1. The highest BCUT2D eigenvalue weighted by molar-refractivity contribution is 5.69. The third-order valence-corrected chi connectivity index (χ3v) is 2.92. The van der Waals surface area contributed by atoms with Gasteiger partial charge in [-0.05, 0) is 19.8 Å². The van der Waals surface area contributed by atoms with Crippen LogP contribution in [0.4, 0.5) is 0 Å². The Bertz CT molecular complexity index is 676. The SMILES string of the molecule is CCn1c(=O)c2[nH]cnc2n(NC2CC2)c1=O. The molecule has 2 aromatic rings. The Morgan fingerprint density at radius 2 is 2.29 bits per heavy atom. The highest BCUT2D eigenvalue weighted by atomic mass is 16.2. The summed E-state index contributed by atoms with van der Waals surface area (Å²) in [6, 6.07) is 0.315. The van der Waals surface area contributed by atoms with Gasteiger partial charge in [0.1, 0.15) is 0 Å². The smallest absolute Gasteiger partial charge is 0.339 e. The van der Waals surface area contributed by atoms with Crippen molar-refractivity contribution < 1.29 is 0 Å². The summed E-state index contributed by atoms with van der Waals surface area (Å²) in [6.07, 6.45) is 3.52. The number of hydrogen-bond donors (Lipinski definition) is 2. The summed E-state index contributed by atoms with van der Waals surface area (Å²) in [5.41, 5.74) is 3.13. The molecule has 0 aromatic carbocycles. The number of fused-ring (bicyclic) bond motifs is 1. The molecular formula is C10H13N5O2. The first-order valence-corrected chi connectivity index (χ1v) is 5.68. The lowest BCUT2D eigenvalue weighted by atomic mass is 10.5. The van der Waals surface area contributed by atoms with Crippen LogP contribution in [0.5, 0.6) is 0 Å². The Hall–Kier alpha value is -2.05. The number of imidazole rings is 1. The van der Waals surface area contributed by atoms with Gasteiger partial charge in [-0.2, -0.15) is 4.68 Å². The van der Waals surface area contributed by atoms with E-state index in [2.05, 4.69) is 15.4 Å². The predicted octanol–water partition coefficient (Wildman–Crippen LogP) is -0.388. The number of H-pyrrole nitrogens is 1. The molecule has 2 aromatic heterocycles. The maximum Gasteiger partial charge on any atom is 0.351 e. The van der Waals surface area contributed by atoms with Crippen LogP contribution >= 0.6 is 0 Å². The zero-order chi connectivity index (χ0) is 12.0. The fourth-order valence-corrected chi connectivity index (χ4v) is 1.84. The van der Waals surface area contributed by atoms with Gasteiger partial charge in [0.25, 0.3) is 5.56 Å². The first kappa shape index (κ1) is 10.1. The molecule has 0 amide bonds. The van der Waals surface area contributed by atoms with E-state index in [-0.39, 0.29) is 11.2 Å². The second-order valence-corrected chi connectivity index (χ2v) is 4.17. The summed E-state index contributed by atoms with van der Waals surface area (Å²) >= 11 is 0. The molecule has 1 aliphatic carbocycles. The van der Waals surface area contributed by atoms with E-state index in [9.17, 15) is 9.59 Å². The molecule has 0 bridgehead atoms. The van der Waals surface area contributed by atoms with Crippen LogP contribution in [-0.2, 0) is 6.54 Å². The molecule has 2 N–H and O–H groups in total. The molecule has 0 spiro atoms. The quantitative estimate of drug-likeness (QED) is 0.759. The summed E-state index contributed by atoms with van der Waals surface area (Å²) in [6.45, 7) is 2.12. The van der Waals surface area contributed by atoms with Gasteiger partial charge in [-0.15, -0.1) is 0 Å². The monoisotopic (exact) mass is 235 g/mol. The molecule has 7 heteroatoms. The van der Waals surface area contributed by atoms with Crippen LogP contribution in [0.1, 0.15) is 19.8 Å². The van der Waals surface area contributed by atoms with Crippen LogP contribution in [0.3, 0.4) is 0 Å². The second kappa shape index (κ2) is 3.47. The van der Waals surface area contributed by atoms with Crippen molar-refractivity contribution in [1.82, 2.24) is 19.2 Å². The van der Waals surface area contributed by atoms with E-state index < -0.39 is 0 Å². The van der Waals surface area contributed by atoms with E-state index >= 15 is 0 Å². The summed E-state index contributed by atoms with van der Waals surface area (Å²) in [7, 11) is 0. The van der Waals surface area contributed by atoms with Gasteiger partial charge in [0.05, 0.1) is 6.33 Å². The van der Waals surface area contributed by atoms with Crippen molar-refractivity contribution in [3.8, 4) is 0 Å². The fourth-order valence-electron chi connectivity index (χ4n) is 1.84. The molecule has 0 saturated heterocycles. The topological polar surface area (TPSA) is 84.7 Å². The van der Waals surface area contributed by atoms with Gasteiger partial charge >= 0.3 is 5.69 Å². The molecule has 0 aliphatic heterocycles. The molecule has 17 heavy (non-hydrogen) atoms. The average Bonchev–Trinajstić information content (AvgIpc) is 3.00. The van der Waals surface area contributed by atoms with Crippen molar-refractivity contribution in [1.29, 1.82) is 0 Å². The highest BCUT2D eigenvalue weighted by Gasteiger charge is 2.24. The lowest BCUT2D eigenvalue weighted by Gasteiger charge is -2.11. The zero-order valence-corrected chi connectivity index (χ0v) is 9.43. The minimum Gasteiger partial charge on any atom is -0.339 e. The second-order valence-electron chi connectivity index (χ2n) is 4.17. The molecule has 0 radical (unpaired) electrons. The summed E-state index contributed by atoms with van der Waals surface area (Å²) < 4.78 is 2.56. The van der Waals surface area contributed by atoms with E-state index in [1.54, 1.807) is 6.92 Å². The van der Waals surface area contributed by atoms with Gasteiger partial charge in [0.15, 0.2) is 11.2 Å². The molecule has 3 rings (SSSR count). The molecule has 0 unspecified atom stereocenters. The molecule has 7 nitrogen and oxygen atoms in total. The number of aromatic amines is 1. The standard InChI is InChI=1S/C10H13N5O2/c1-2-14-9(16)7-8(12-5-11-7)15(10(14)17)13-6-3-4-6/h5-6,13H,2-4H2,1H3,(H,11,12). The Labute approximate surface area is 96.1 Å². The first-order valence-electron chi connectivity index (χ1n) is 5.68. The highest BCUT2D eigenvalue weighted by Crippen LogP contribution is 2.20. The predicted molar refractivity (Wildman–Crippen MR) is 62.7 cm³/mol. The number of nitrogens with zero attached hydrogens (tertiary/aromatic N) is 3. The van der Waals surface area contributed by atoms with Crippen LogP contribution < -0.4 is 16.7 Å². The van der Waals surface area contributed by atoms with Gasteiger partial charge in [0.2, 0.25) is 0 Å². The normalized spacial score (nSPS) is 15.4. The van der Waals surface area contributed by atoms with Gasteiger partial charge < -0.3 is 10.4 Å². The van der Waals surface area contributed by atoms with Crippen LogP contribution in [0, 0.1) is 0 Å². The number of rotatable bonds is 3. The van der Waals surface area contributed by atoms with Crippen LogP contribution in [-0.4, -0.2) is 25.3 Å². The summed E-state index contributed by atoms with van der Waals surface area (Å²) in [4.78, 5) is 30.9. The third kappa shape index (κ3) is 1.46. The molecule has 2 heterocycles. The van der Waals surface area contributed by atoms with Gasteiger partial charge in [-0.1, -0.05) is 0 Å². The van der Waals surface area contributed by atoms with E-state index in [4.69, 9.17) is 0 Å². The van der Waals surface area contributed by atoms with Crippen LogP contribution in [0.15, 0.2) is 15.9 Å². The van der Waals surface area contributed by atoms with Crippen molar-refractivity contribution in [2.24, 2.45) is 0 Å². The van der Waals surface area contributed by atoms with Gasteiger partial charge in [0, 0.05) is 12.6 Å². The first-order chi connectivity index (χ1) is 8.22. The Kier molecular flexibility index (Phi) is 2.07. The van der Waals surface area contributed by atoms with Crippen LogP contribution in [0.25, 0.3) is 11.2 Å². The van der Waals surface area contributed by atoms with Gasteiger partial charge in [-0.3, -0.25) is 9.36 Å². The molecule has 1 saturated carbocycles. The minimum absolute atomic E-state index is 0.315. The molecular weight excluding hydrogens is 222 g/mol. The largest absolute Gasteiger partial charge is 0.351 e. The summed E-state index contributed by atoms with van der Waals surface area (Å²) in [5.74, 6) is 0. The molecule has 1 aliphatic rings. The summed E-state index contributed by atoms with van der Waals surface area (Å²) in [5, 5.41) is 0. The van der Waals surface area contributed by atoms with Crippen molar-refractivity contribution in [3.63, 3.8) is 0 Å². The number of hydrogen-bond acceptors (Lipinski definition) is 4. The van der Waals surface area contributed by atoms with Crippen molar-refractivity contribution in [3.05, 3.63) is 27.2 Å². The van der Waals surface area contributed by atoms with Gasteiger partial charge in [-0.25, -0.2) is 9.78 Å². The van der Waals surface area contributed by atoms with Crippen molar-refractivity contribution in [2.75, 3.05) is 5.43 Å². The van der Waals surface area contributed by atoms with E-state index in [0.717, 1.165) is 12.8 Å². The van der Waals surface area contributed by atoms with E-state index in [0.29, 0.717) is 23.8 Å². The maximum absolute atomic E-state index is 12.1. The fraction of sp³-hybridized carbons (Fsp3) is 0.500. The van der Waals surface area contributed by atoms with E-state index in [1.165, 1.54) is 15.6 Å². The Morgan fingerprint density at radius 3 is 2.94 bits per heavy atom.